The van der Waals surface area contributed by atoms with E-state index in [0.717, 1.165) is 12.8 Å². The summed E-state index contributed by atoms with van der Waals surface area (Å²) in [7, 11) is 1.50. The van der Waals surface area contributed by atoms with Gasteiger partial charge >= 0.3 is 5.97 Å². The summed E-state index contributed by atoms with van der Waals surface area (Å²) in [6, 6.07) is 4.40. The van der Waals surface area contributed by atoms with E-state index in [-0.39, 0.29) is 18.5 Å². The fraction of sp³-hybridized carbons (Fsp3) is 0.467. The summed E-state index contributed by atoms with van der Waals surface area (Å²) in [5.74, 6) is -0.720. The summed E-state index contributed by atoms with van der Waals surface area (Å²) in [4.78, 5) is 25.1. The van der Waals surface area contributed by atoms with Crippen LogP contribution in [0.15, 0.2) is 18.2 Å². The molecule has 2 rings (SSSR count). The van der Waals surface area contributed by atoms with Gasteiger partial charge in [0, 0.05) is 11.1 Å². The van der Waals surface area contributed by atoms with Gasteiger partial charge in [-0.25, -0.2) is 0 Å². The highest BCUT2D eigenvalue weighted by Crippen LogP contribution is 2.30. The molecule has 1 atom stereocenters. The number of benzene rings is 1. The number of carbonyl (C=O) groups excluding carboxylic acids is 1. The summed E-state index contributed by atoms with van der Waals surface area (Å²) in [6.07, 6.45) is 1.84. The zero-order chi connectivity index (χ0) is 16.3. The highest BCUT2D eigenvalue weighted by Gasteiger charge is 2.36. The first-order chi connectivity index (χ1) is 10.4. The number of anilines is 1. The van der Waals surface area contributed by atoms with Gasteiger partial charge in [0.2, 0.25) is 5.91 Å². The molecule has 0 aliphatic heterocycles. The maximum absolute atomic E-state index is 12.2. The van der Waals surface area contributed by atoms with Gasteiger partial charge in [0.15, 0.2) is 0 Å². The second kappa shape index (κ2) is 6.98. The predicted molar refractivity (Wildman–Crippen MR) is 83.5 cm³/mol. The van der Waals surface area contributed by atoms with Crippen molar-refractivity contribution in [3.63, 3.8) is 0 Å². The minimum Gasteiger partial charge on any atom is -0.495 e. The van der Waals surface area contributed by atoms with E-state index >= 15 is 0 Å². The fourth-order valence-corrected chi connectivity index (χ4v) is 2.44. The average Bonchev–Trinajstić information content (AvgIpc) is 3.28. The average molecular weight is 327 g/mol. The number of amides is 1. The van der Waals surface area contributed by atoms with E-state index in [1.54, 1.807) is 30.0 Å². The number of halogens is 1. The monoisotopic (exact) mass is 326 g/mol. The Balaban J connectivity index is 2.05. The lowest BCUT2D eigenvalue weighted by molar-refractivity contribution is -0.143. The largest absolute Gasteiger partial charge is 0.495 e. The first kappa shape index (κ1) is 16.6. The fourth-order valence-electron chi connectivity index (χ4n) is 2.26. The summed E-state index contributed by atoms with van der Waals surface area (Å²) < 4.78 is 5.17. The lowest BCUT2D eigenvalue weighted by Crippen LogP contribution is -2.44. The molecule has 0 aromatic heterocycles. The van der Waals surface area contributed by atoms with Crippen LogP contribution < -0.4 is 10.1 Å². The second-order valence-corrected chi connectivity index (χ2v) is 5.75. The van der Waals surface area contributed by atoms with Crippen molar-refractivity contribution in [2.75, 3.05) is 19.0 Å². The maximum Gasteiger partial charge on any atom is 0.320 e. The molecule has 1 unspecified atom stereocenters. The topological polar surface area (TPSA) is 78.9 Å². The molecule has 120 valence electrons. The molecule has 1 fully saturated rings. The third-order valence-electron chi connectivity index (χ3n) is 3.63. The lowest BCUT2D eigenvalue weighted by atomic mass is 10.2. The van der Waals surface area contributed by atoms with Crippen molar-refractivity contribution < 1.29 is 19.4 Å². The van der Waals surface area contributed by atoms with Gasteiger partial charge in [0.05, 0.1) is 19.3 Å². The van der Waals surface area contributed by atoms with Crippen LogP contribution in [0.1, 0.15) is 19.8 Å². The van der Waals surface area contributed by atoms with E-state index in [9.17, 15) is 9.59 Å². The Labute approximate surface area is 134 Å². The molecule has 1 aliphatic rings. The predicted octanol–water partition coefficient (Wildman–Crippen LogP) is 2.22. The number of rotatable bonds is 7. The second-order valence-electron chi connectivity index (χ2n) is 5.31. The highest BCUT2D eigenvalue weighted by molar-refractivity contribution is 6.31. The minimum atomic E-state index is -0.931. The molecule has 0 bridgehead atoms. The number of aliphatic carboxylic acids is 1. The Bertz CT molecular complexity index is 575. The Hall–Kier alpha value is -1.79. The van der Waals surface area contributed by atoms with Gasteiger partial charge in [0.25, 0.3) is 0 Å². The van der Waals surface area contributed by atoms with Gasteiger partial charge in [-0.05, 0) is 38.0 Å². The standard InChI is InChI=1S/C15H19ClN2O4/c1-9(15(20)21)18(11-4-5-11)8-14(19)17-12-7-10(16)3-6-13(12)22-2/h3,6-7,9,11H,4-5,8H2,1-2H3,(H,17,19)(H,20,21). The number of carboxylic acids is 1. The summed E-state index contributed by atoms with van der Waals surface area (Å²) >= 11 is 5.92. The van der Waals surface area contributed by atoms with Crippen molar-refractivity contribution >= 4 is 29.2 Å². The summed E-state index contributed by atoms with van der Waals surface area (Å²) in [6.45, 7) is 1.61. The molecule has 1 amide bonds. The van der Waals surface area contributed by atoms with Crippen molar-refractivity contribution in [2.24, 2.45) is 0 Å². The van der Waals surface area contributed by atoms with E-state index in [4.69, 9.17) is 21.4 Å². The van der Waals surface area contributed by atoms with Crippen molar-refractivity contribution in [3.8, 4) is 5.75 Å². The van der Waals surface area contributed by atoms with E-state index in [0.29, 0.717) is 16.5 Å². The van der Waals surface area contributed by atoms with Gasteiger partial charge < -0.3 is 15.2 Å². The molecule has 1 aliphatic carbocycles. The van der Waals surface area contributed by atoms with Crippen LogP contribution in [0.3, 0.4) is 0 Å². The molecule has 1 saturated carbocycles. The number of hydrogen-bond acceptors (Lipinski definition) is 4. The maximum atomic E-state index is 12.2. The van der Waals surface area contributed by atoms with E-state index in [1.807, 2.05) is 0 Å². The molecule has 1 aromatic rings. The Kier molecular flexibility index (Phi) is 5.26. The molecule has 22 heavy (non-hydrogen) atoms. The van der Waals surface area contributed by atoms with Crippen molar-refractivity contribution in [1.82, 2.24) is 4.90 Å². The minimum absolute atomic E-state index is 0.0216. The quantitative estimate of drug-likeness (QED) is 0.803. The molecule has 0 spiro atoms. The van der Waals surface area contributed by atoms with Crippen LogP contribution in [0.5, 0.6) is 5.75 Å². The van der Waals surface area contributed by atoms with E-state index in [1.165, 1.54) is 7.11 Å². The molecule has 0 heterocycles. The summed E-state index contributed by atoms with van der Waals surface area (Å²) in [5, 5.41) is 12.3. The van der Waals surface area contributed by atoms with Crippen molar-refractivity contribution in [3.05, 3.63) is 23.2 Å². The number of methoxy groups -OCH3 is 1. The van der Waals surface area contributed by atoms with Crippen LogP contribution in [-0.4, -0.2) is 47.6 Å². The molecule has 7 heteroatoms. The van der Waals surface area contributed by atoms with Crippen LogP contribution in [0, 0.1) is 0 Å². The van der Waals surface area contributed by atoms with Gasteiger partial charge in [-0.15, -0.1) is 0 Å². The molecule has 0 radical (unpaired) electrons. The number of hydrogen-bond donors (Lipinski definition) is 2. The Morgan fingerprint density at radius 2 is 2.18 bits per heavy atom. The van der Waals surface area contributed by atoms with Gasteiger partial charge in [-0.1, -0.05) is 11.6 Å². The molecule has 0 saturated heterocycles. The van der Waals surface area contributed by atoms with Crippen LogP contribution in [0.4, 0.5) is 5.69 Å². The number of carbonyl (C=O) groups is 2. The number of nitrogens with zero attached hydrogens (tertiary/aromatic N) is 1. The lowest BCUT2D eigenvalue weighted by Gasteiger charge is -2.25. The van der Waals surface area contributed by atoms with Gasteiger partial charge in [-0.2, -0.15) is 0 Å². The van der Waals surface area contributed by atoms with Crippen molar-refractivity contribution in [1.29, 1.82) is 0 Å². The van der Waals surface area contributed by atoms with Crippen LogP contribution in [-0.2, 0) is 9.59 Å². The molecular formula is C15H19ClN2O4. The normalized spacial score (nSPS) is 15.5. The number of nitrogens with one attached hydrogen (secondary N) is 1. The zero-order valence-corrected chi connectivity index (χ0v) is 13.3. The molecule has 6 nitrogen and oxygen atoms in total. The third-order valence-corrected chi connectivity index (χ3v) is 3.87. The highest BCUT2D eigenvalue weighted by atomic mass is 35.5. The van der Waals surface area contributed by atoms with Gasteiger partial charge in [0.1, 0.15) is 11.8 Å². The number of ether oxygens (including phenoxy) is 1. The van der Waals surface area contributed by atoms with E-state index in [2.05, 4.69) is 5.32 Å². The first-order valence-electron chi connectivity index (χ1n) is 7.04. The zero-order valence-electron chi connectivity index (χ0n) is 12.5. The molecular weight excluding hydrogens is 308 g/mol. The summed E-state index contributed by atoms with van der Waals surface area (Å²) in [5.41, 5.74) is 0.471. The van der Waals surface area contributed by atoms with Crippen LogP contribution in [0.25, 0.3) is 0 Å². The third kappa shape index (κ3) is 4.11. The Morgan fingerprint density at radius 1 is 1.50 bits per heavy atom. The van der Waals surface area contributed by atoms with E-state index < -0.39 is 12.0 Å². The van der Waals surface area contributed by atoms with Crippen molar-refractivity contribution in [2.45, 2.75) is 31.8 Å². The number of carboxylic acid groups (broad SMARTS) is 1. The van der Waals surface area contributed by atoms with Crippen LogP contribution in [0.2, 0.25) is 5.02 Å². The molecule has 2 N–H and O–H groups in total. The SMILES string of the molecule is COc1ccc(Cl)cc1NC(=O)CN(C1CC1)C(C)C(=O)O. The Morgan fingerprint density at radius 3 is 2.73 bits per heavy atom. The molecule has 1 aromatic carbocycles. The van der Waals surface area contributed by atoms with Gasteiger partial charge in [-0.3, -0.25) is 14.5 Å². The smallest absolute Gasteiger partial charge is 0.320 e. The first-order valence-corrected chi connectivity index (χ1v) is 7.42. The van der Waals surface area contributed by atoms with Crippen LogP contribution >= 0.6 is 11.6 Å².